The topological polar surface area (TPSA) is 43.1 Å². The number of nitrogen functional groups attached to an aromatic ring is 1. The van der Waals surface area contributed by atoms with Gasteiger partial charge in [-0.05, 0) is 41.3 Å². The predicted molar refractivity (Wildman–Crippen MR) is 75.9 cm³/mol. The molecule has 0 bridgehead atoms. The summed E-state index contributed by atoms with van der Waals surface area (Å²) in [5.74, 6) is 0.00237. The molecule has 2 N–H and O–H groups in total. The van der Waals surface area contributed by atoms with E-state index in [0.29, 0.717) is 11.3 Å². The lowest BCUT2D eigenvalue weighted by Gasteiger charge is -2.08. The molecule has 0 fully saturated rings. The summed E-state index contributed by atoms with van der Waals surface area (Å²) in [5, 5.41) is 4.33. The lowest BCUT2D eigenvalue weighted by atomic mass is 9.98. The number of fused-ring (bicyclic) bond motifs is 2. The van der Waals surface area contributed by atoms with Crippen LogP contribution in [0.5, 0.6) is 0 Å². The second-order valence-electron chi connectivity index (χ2n) is 4.50. The molecule has 88 valence electrons. The molecule has 0 aliphatic heterocycles. The number of carbonyl (C=O) groups is 1. The fourth-order valence-corrected chi connectivity index (χ4v) is 2.34. The van der Waals surface area contributed by atoms with Crippen LogP contribution in [0.4, 0.5) is 5.69 Å². The summed E-state index contributed by atoms with van der Waals surface area (Å²) in [6.45, 7) is 1.54. The van der Waals surface area contributed by atoms with Crippen molar-refractivity contribution in [3.8, 4) is 0 Å². The Morgan fingerprint density at radius 3 is 2.28 bits per heavy atom. The molecule has 0 aliphatic rings. The third kappa shape index (κ3) is 1.54. The van der Waals surface area contributed by atoms with Crippen molar-refractivity contribution in [1.29, 1.82) is 0 Å². The molecule has 3 aromatic rings. The number of nitrogens with two attached hydrogens (primary N) is 1. The number of Topliss-reactive ketones (excluding diaryl/α,β-unsaturated/α-hetero) is 1. The van der Waals surface area contributed by atoms with Gasteiger partial charge in [0.25, 0.3) is 0 Å². The Morgan fingerprint density at radius 1 is 0.944 bits per heavy atom. The number of benzene rings is 3. The fraction of sp³-hybridized carbons (Fsp3) is 0.0625. The van der Waals surface area contributed by atoms with Gasteiger partial charge in [0.15, 0.2) is 5.78 Å². The molecule has 0 aromatic heterocycles. The first-order chi connectivity index (χ1) is 8.66. The van der Waals surface area contributed by atoms with E-state index in [4.69, 9.17) is 5.73 Å². The zero-order valence-corrected chi connectivity index (χ0v) is 10.1. The van der Waals surface area contributed by atoms with Gasteiger partial charge in [-0.25, -0.2) is 0 Å². The van der Waals surface area contributed by atoms with E-state index in [2.05, 4.69) is 18.2 Å². The molecule has 0 radical (unpaired) electrons. The maximum Gasteiger partial charge on any atom is 0.161 e. The summed E-state index contributed by atoms with van der Waals surface area (Å²) < 4.78 is 0. The molecule has 0 spiro atoms. The summed E-state index contributed by atoms with van der Waals surface area (Å²) in [6.07, 6.45) is 0. The first-order valence-corrected chi connectivity index (χ1v) is 5.89. The number of hydrogen-bond donors (Lipinski definition) is 1. The lowest BCUT2D eigenvalue weighted by Crippen LogP contribution is -2.00. The lowest BCUT2D eigenvalue weighted by molar-refractivity contribution is 0.101. The highest BCUT2D eigenvalue weighted by molar-refractivity contribution is 6.10. The van der Waals surface area contributed by atoms with E-state index >= 15 is 0 Å². The Kier molecular flexibility index (Phi) is 2.30. The zero-order chi connectivity index (χ0) is 12.7. The number of hydrogen-bond acceptors (Lipinski definition) is 2. The Bertz CT molecular complexity index is 774. The average Bonchev–Trinajstić information content (AvgIpc) is 2.37. The number of anilines is 1. The number of rotatable bonds is 1. The second-order valence-corrected chi connectivity index (χ2v) is 4.50. The fourth-order valence-electron chi connectivity index (χ4n) is 2.34. The molecule has 3 rings (SSSR count). The molecule has 0 unspecified atom stereocenters. The van der Waals surface area contributed by atoms with Crippen molar-refractivity contribution >= 4 is 33.0 Å². The van der Waals surface area contributed by atoms with Crippen LogP contribution in [0, 0.1) is 0 Å². The van der Waals surface area contributed by atoms with Crippen molar-refractivity contribution in [2.45, 2.75) is 6.92 Å². The van der Waals surface area contributed by atoms with E-state index in [9.17, 15) is 4.79 Å². The van der Waals surface area contributed by atoms with Gasteiger partial charge in [0.1, 0.15) is 0 Å². The number of carbonyl (C=O) groups excluding carboxylic acids is 1. The maximum absolute atomic E-state index is 11.5. The Labute approximate surface area is 105 Å². The van der Waals surface area contributed by atoms with Crippen molar-refractivity contribution in [2.24, 2.45) is 0 Å². The summed E-state index contributed by atoms with van der Waals surface area (Å²) in [6, 6.07) is 16.0. The minimum atomic E-state index is 0.00237. The van der Waals surface area contributed by atoms with Gasteiger partial charge in [-0.3, -0.25) is 4.79 Å². The van der Waals surface area contributed by atoms with Crippen LogP contribution in [-0.2, 0) is 0 Å². The quantitative estimate of drug-likeness (QED) is 0.396. The molecule has 0 saturated heterocycles. The van der Waals surface area contributed by atoms with Crippen LogP contribution in [0.3, 0.4) is 0 Å². The molecule has 0 saturated carbocycles. The predicted octanol–water partition coefficient (Wildman–Crippen LogP) is 3.78. The first-order valence-electron chi connectivity index (χ1n) is 5.89. The van der Waals surface area contributed by atoms with Crippen molar-refractivity contribution in [2.75, 3.05) is 5.73 Å². The first kappa shape index (κ1) is 10.8. The van der Waals surface area contributed by atoms with Crippen LogP contribution in [0.25, 0.3) is 21.5 Å². The van der Waals surface area contributed by atoms with Crippen LogP contribution in [0.2, 0.25) is 0 Å². The highest BCUT2D eigenvalue weighted by atomic mass is 16.1. The van der Waals surface area contributed by atoms with Gasteiger partial charge in [-0.2, -0.15) is 0 Å². The van der Waals surface area contributed by atoms with Crippen molar-refractivity contribution in [3.05, 3.63) is 54.1 Å². The van der Waals surface area contributed by atoms with Crippen LogP contribution in [-0.4, -0.2) is 5.78 Å². The molecule has 2 heteroatoms. The Morgan fingerprint density at radius 2 is 1.61 bits per heavy atom. The third-order valence-corrected chi connectivity index (χ3v) is 3.31. The van der Waals surface area contributed by atoms with Crippen molar-refractivity contribution < 1.29 is 4.79 Å². The molecular formula is C16H13NO. The van der Waals surface area contributed by atoms with E-state index < -0.39 is 0 Å². The van der Waals surface area contributed by atoms with Crippen LogP contribution >= 0.6 is 0 Å². The Hall–Kier alpha value is -2.35. The van der Waals surface area contributed by atoms with E-state index in [1.165, 1.54) is 5.39 Å². The van der Waals surface area contributed by atoms with E-state index in [-0.39, 0.29) is 5.78 Å². The van der Waals surface area contributed by atoms with Gasteiger partial charge in [0.05, 0.1) is 5.69 Å². The van der Waals surface area contributed by atoms with Crippen LogP contribution < -0.4 is 5.73 Å². The molecule has 2 nitrogen and oxygen atoms in total. The molecule has 0 atom stereocenters. The zero-order valence-electron chi connectivity index (χ0n) is 10.1. The summed E-state index contributed by atoms with van der Waals surface area (Å²) in [5.41, 5.74) is 7.26. The van der Waals surface area contributed by atoms with Gasteiger partial charge in [-0.1, -0.05) is 30.3 Å². The molecule has 18 heavy (non-hydrogen) atoms. The van der Waals surface area contributed by atoms with E-state index in [1.54, 1.807) is 13.0 Å². The van der Waals surface area contributed by atoms with Gasteiger partial charge in [0, 0.05) is 10.9 Å². The van der Waals surface area contributed by atoms with Crippen molar-refractivity contribution in [1.82, 2.24) is 0 Å². The second kappa shape index (κ2) is 3.84. The SMILES string of the molecule is CC(=O)c1ccc2cc3ccccc3cc2c1N. The third-order valence-electron chi connectivity index (χ3n) is 3.31. The average molecular weight is 235 g/mol. The van der Waals surface area contributed by atoms with Crippen LogP contribution in [0.1, 0.15) is 17.3 Å². The van der Waals surface area contributed by atoms with Gasteiger partial charge in [-0.15, -0.1) is 0 Å². The van der Waals surface area contributed by atoms with Crippen molar-refractivity contribution in [3.63, 3.8) is 0 Å². The van der Waals surface area contributed by atoms with Gasteiger partial charge >= 0.3 is 0 Å². The minimum Gasteiger partial charge on any atom is -0.398 e. The molecule has 0 amide bonds. The molecule has 3 aromatic carbocycles. The maximum atomic E-state index is 11.5. The standard InChI is InChI=1S/C16H13NO/c1-10(18)14-7-6-13-8-11-4-2-3-5-12(11)9-15(13)16(14)17/h2-9H,17H2,1H3. The van der Waals surface area contributed by atoms with Gasteiger partial charge < -0.3 is 5.73 Å². The highest BCUT2D eigenvalue weighted by Crippen LogP contribution is 2.29. The van der Waals surface area contributed by atoms with Gasteiger partial charge in [0.2, 0.25) is 0 Å². The summed E-state index contributed by atoms with van der Waals surface area (Å²) in [4.78, 5) is 11.5. The smallest absolute Gasteiger partial charge is 0.161 e. The molecule has 0 aliphatic carbocycles. The van der Waals surface area contributed by atoms with E-state index in [0.717, 1.165) is 16.2 Å². The van der Waals surface area contributed by atoms with Crippen LogP contribution in [0.15, 0.2) is 48.5 Å². The Balaban J connectivity index is 2.44. The highest BCUT2D eigenvalue weighted by Gasteiger charge is 2.08. The largest absolute Gasteiger partial charge is 0.398 e. The van der Waals surface area contributed by atoms with E-state index in [1.807, 2.05) is 24.3 Å². The molecule has 0 heterocycles. The molecular weight excluding hydrogens is 222 g/mol. The normalized spacial score (nSPS) is 10.9. The number of ketones is 1. The summed E-state index contributed by atoms with van der Waals surface area (Å²) >= 11 is 0. The minimum absolute atomic E-state index is 0.00237. The summed E-state index contributed by atoms with van der Waals surface area (Å²) in [7, 11) is 0. The monoisotopic (exact) mass is 235 g/mol.